The minimum absolute atomic E-state index is 0.439. The van der Waals surface area contributed by atoms with Gasteiger partial charge in [0.1, 0.15) is 5.82 Å². The van der Waals surface area contributed by atoms with Gasteiger partial charge in [-0.3, -0.25) is 9.80 Å². The molecule has 1 saturated heterocycles. The predicted octanol–water partition coefficient (Wildman–Crippen LogP) is 1.98. The van der Waals surface area contributed by atoms with E-state index >= 15 is 0 Å². The van der Waals surface area contributed by atoms with E-state index in [9.17, 15) is 0 Å². The average Bonchev–Trinajstić information content (AvgIpc) is 3.19. The second kappa shape index (κ2) is 7.17. The van der Waals surface area contributed by atoms with Gasteiger partial charge in [-0.15, -0.1) is 11.3 Å². The molecular weight excluding hydrogens is 284 g/mol. The lowest BCUT2D eigenvalue weighted by Gasteiger charge is -2.36. The Kier molecular flexibility index (Phi) is 5.03. The fourth-order valence-electron chi connectivity index (χ4n) is 2.76. The fourth-order valence-corrected chi connectivity index (χ4v) is 3.61. The van der Waals surface area contributed by atoms with Crippen molar-refractivity contribution in [2.24, 2.45) is 0 Å². The molecule has 2 aromatic heterocycles. The zero-order chi connectivity index (χ0) is 14.5. The molecule has 0 bridgehead atoms. The Morgan fingerprint density at radius 3 is 3.00 bits per heavy atom. The highest BCUT2D eigenvalue weighted by Gasteiger charge is 2.24. The third-order valence-electron chi connectivity index (χ3n) is 3.82. The van der Waals surface area contributed by atoms with Gasteiger partial charge in [-0.2, -0.15) is 0 Å². The maximum atomic E-state index is 5.49. The molecule has 1 aliphatic rings. The predicted molar refractivity (Wildman–Crippen MR) is 84.4 cm³/mol. The summed E-state index contributed by atoms with van der Waals surface area (Å²) in [5.74, 6) is 1.02. The van der Waals surface area contributed by atoms with Gasteiger partial charge >= 0.3 is 0 Å². The maximum absolute atomic E-state index is 5.49. The molecule has 1 fully saturated rings. The SMILES string of the molecule is CN(Cc1ncc[nH]1)C[C@@H](c1cccs1)N1CCOCC1. The molecule has 0 spiro atoms. The van der Waals surface area contributed by atoms with E-state index in [4.69, 9.17) is 4.74 Å². The van der Waals surface area contributed by atoms with Crippen LogP contribution in [-0.2, 0) is 11.3 Å². The molecule has 0 amide bonds. The lowest BCUT2D eigenvalue weighted by Crippen LogP contribution is -2.42. The first kappa shape index (κ1) is 14.7. The molecule has 6 heteroatoms. The Hall–Kier alpha value is -1.21. The first-order valence-electron chi connectivity index (χ1n) is 7.35. The van der Waals surface area contributed by atoms with Crippen molar-refractivity contribution in [1.82, 2.24) is 19.8 Å². The Morgan fingerprint density at radius 1 is 1.48 bits per heavy atom. The molecule has 2 aromatic rings. The molecule has 0 saturated carbocycles. The van der Waals surface area contributed by atoms with Crippen molar-refractivity contribution in [3.63, 3.8) is 0 Å². The van der Waals surface area contributed by atoms with E-state index in [1.165, 1.54) is 4.88 Å². The number of aromatic nitrogens is 2. The van der Waals surface area contributed by atoms with Crippen LogP contribution in [0.25, 0.3) is 0 Å². The summed E-state index contributed by atoms with van der Waals surface area (Å²) in [6, 6.07) is 4.82. The number of likely N-dealkylation sites (N-methyl/N-ethyl adjacent to an activating group) is 1. The number of nitrogens with one attached hydrogen (secondary N) is 1. The standard InChI is InChI=1S/C15H22N4OS/c1-18(12-15-16-4-5-17-15)11-13(14-3-2-10-21-14)19-6-8-20-9-7-19/h2-5,10,13H,6-9,11-12H2,1H3,(H,16,17)/t13-/m0/s1. The van der Waals surface area contributed by atoms with Crippen LogP contribution in [0.15, 0.2) is 29.9 Å². The zero-order valence-electron chi connectivity index (χ0n) is 12.4. The number of H-pyrrole nitrogens is 1. The quantitative estimate of drug-likeness (QED) is 0.886. The third kappa shape index (κ3) is 3.91. The van der Waals surface area contributed by atoms with Crippen LogP contribution in [0.5, 0.6) is 0 Å². The summed E-state index contributed by atoms with van der Waals surface area (Å²) in [6.45, 7) is 5.54. The van der Waals surface area contributed by atoms with Crippen molar-refractivity contribution in [3.05, 3.63) is 40.6 Å². The molecule has 114 valence electrons. The Morgan fingerprint density at radius 2 is 2.33 bits per heavy atom. The Bertz CT molecular complexity index is 508. The summed E-state index contributed by atoms with van der Waals surface area (Å²) < 4.78 is 5.49. The van der Waals surface area contributed by atoms with Gasteiger partial charge in [0.2, 0.25) is 0 Å². The molecule has 3 heterocycles. The van der Waals surface area contributed by atoms with Gasteiger partial charge < -0.3 is 9.72 Å². The summed E-state index contributed by atoms with van der Waals surface area (Å²) in [7, 11) is 2.16. The molecule has 5 nitrogen and oxygen atoms in total. The molecule has 1 atom stereocenters. The molecule has 0 aromatic carbocycles. The highest BCUT2D eigenvalue weighted by Crippen LogP contribution is 2.26. The van der Waals surface area contributed by atoms with Crippen LogP contribution < -0.4 is 0 Å². The van der Waals surface area contributed by atoms with Crippen LogP contribution >= 0.6 is 11.3 Å². The molecular formula is C15H22N4OS. The molecule has 21 heavy (non-hydrogen) atoms. The molecule has 1 N–H and O–H groups in total. The van der Waals surface area contributed by atoms with E-state index in [1.807, 2.05) is 23.7 Å². The Labute approximate surface area is 129 Å². The molecule has 0 aliphatic carbocycles. The second-order valence-corrected chi connectivity index (χ2v) is 6.39. The highest BCUT2D eigenvalue weighted by molar-refractivity contribution is 7.10. The van der Waals surface area contributed by atoms with Crippen LogP contribution in [0.2, 0.25) is 0 Å². The number of imidazole rings is 1. The van der Waals surface area contributed by atoms with Crippen molar-refractivity contribution < 1.29 is 4.74 Å². The van der Waals surface area contributed by atoms with Crippen molar-refractivity contribution in [3.8, 4) is 0 Å². The molecule has 3 rings (SSSR count). The lowest BCUT2D eigenvalue weighted by atomic mass is 10.1. The van der Waals surface area contributed by atoms with Crippen molar-refractivity contribution in [2.75, 3.05) is 39.9 Å². The minimum Gasteiger partial charge on any atom is -0.379 e. The number of thiophene rings is 1. The van der Waals surface area contributed by atoms with Crippen LogP contribution in [-0.4, -0.2) is 59.7 Å². The summed E-state index contributed by atoms with van der Waals surface area (Å²) in [5, 5.41) is 2.16. The number of nitrogens with zero attached hydrogens (tertiary/aromatic N) is 3. The number of hydrogen-bond donors (Lipinski definition) is 1. The Balaban J connectivity index is 1.66. The second-order valence-electron chi connectivity index (χ2n) is 5.41. The van der Waals surface area contributed by atoms with Crippen molar-refractivity contribution in [1.29, 1.82) is 0 Å². The largest absolute Gasteiger partial charge is 0.379 e. The number of ether oxygens (including phenoxy) is 1. The molecule has 0 radical (unpaired) electrons. The van der Waals surface area contributed by atoms with E-state index in [-0.39, 0.29) is 0 Å². The minimum atomic E-state index is 0.439. The zero-order valence-corrected chi connectivity index (χ0v) is 13.2. The topological polar surface area (TPSA) is 44.4 Å². The van der Waals surface area contributed by atoms with E-state index in [0.717, 1.165) is 45.2 Å². The van der Waals surface area contributed by atoms with Crippen molar-refractivity contribution >= 4 is 11.3 Å². The first-order valence-corrected chi connectivity index (χ1v) is 8.23. The average molecular weight is 306 g/mol. The summed E-state index contributed by atoms with van der Waals surface area (Å²) in [6.07, 6.45) is 3.68. The fraction of sp³-hybridized carbons (Fsp3) is 0.533. The maximum Gasteiger partial charge on any atom is 0.120 e. The number of morpholine rings is 1. The normalized spacial score (nSPS) is 18.2. The summed E-state index contributed by atoms with van der Waals surface area (Å²) in [4.78, 5) is 13.8. The molecule has 1 aliphatic heterocycles. The number of hydrogen-bond acceptors (Lipinski definition) is 5. The van der Waals surface area contributed by atoms with Gasteiger partial charge in [-0.25, -0.2) is 4.98 Å². The van der Waals surface area contributed by atoms with Crippen LogP contribution in [0, 0.1) is 0 Å². The summed E-state index contributed by atoms with van der Waals surface area (Å²) >= 11 is 1.84. The van der Waals surface area contributed by atoms with Gasteiger partial charge in [0.05, 0.1) is 25.8 Å². The van der Waals surface area contributed by atoms with Gasteiger partial charge in [0.15, 0.2) is 0 Å². The van der Waals surface area contributed by atoms with Gasteiger partial charge in [0.25, 0.3) is 0 Å². The highest BCUT2D eigenvalue weighted by atomic mass is 32.1. The third-order valence-corrected chi connectivity index (χ3v) is 4.79. The monoisotopic (exact) mass is 306 g/mol. The lowest BCUT2D eigenvalue weighted by molar-refractivity contribution is 0.00951. The van der Waals surface area contributed by atoms with E-state index in [1.54, 1.807) is 0 Å². The number of aromatic amines is 1. The van der Waals surface area contributed by atoms with Gasteiger partial charge in [0, 0.05) is 36.9 Å². The van der Waals surface area contributed by atoms with E-state index in [0.29, 0.717) is 6.04 Å². The summed E-state index contributed by atoms with van der Waals surface area (Å²) in [5.41, 5.74) is 0. The number of rotatable bonds is 6. The smallest absolute Gasteiger partial charge is 0.120 e. The van der Waals surface area contributed by atoms with Crippen LogP contribution in [0.1, 0.15) is 16.7 Å². The van der Waals surface area contributed by atoms with Gasteiger partial charge in [-0.05, 0) is 18.5 Å². The van der Waals surface area contributed by atoms with Crippen LogP contribution in [0.4, 0.5) is 0 Å². The first-order chi connectivity index (χ1) is 10.3. The van der Waals surface area contributed by atoms with E-state index in [2.05, 4.69) is 44.3 Å². The van der Waals surface area contributed by atoms with E-state index < -0.39 is 0 Å². The van der Waals surface area contributed by atoms with Crippen LogP contribution in [0.3, 0.4) is 0 Å². The van der Waals surface area contributed by atoms with Crippen molar-refractivity contribution in [2.45, 2.75) is 12.6 Å². The molecule has 0 unspecified atom stereocenters. The van der Waals surface area contributed by atoms with Gasteiger partial charge in [-0.1, -0.05) is 6.07 Å².